The molecule has 0 unspecified atom stereocenters. The summed E-state index contributed by atoms with van der Waals surface area (Å²) in [6.45, 7) is 10.2. The van der Waals surface area contributed by atoms with Gasteiger partial charge in [-0.2, -0.15) is 10.2 Å². The predicted octanol–water partition coefficient (Wildman–Crippen LogP) is 5.62. The fourth-order valence-corrected chi connectivity index (χ4v) is 5.09. The second kappa shape index (κ2) is 9.45. The molecule has 0 aliphatic heterocycles. The zero-order valence-corrected chi connectivity index (χ0v) is 21.8. The van der Waals surface area contributed by atoms with Gasteiger partial charge in [-0.3, -0.25) is 4.68 Å². The molecule has 1 fully saturated rings. The van der Waals surface area contributed by atoms with E-state index >= 15 is 0 Å². The summed E-state index contributed by atoms with van der Waals surface area (Å²) >= 11 is 0. The van der Waals surface area contributed by atoms with E-state index < -0.39 is 12.0 Å². The van der Waals surface area contributed by atoms with E-state index in [2.05, 4.69) is 19.7 Å². The highest BCUT2D eigenvalue weighted by atomic mass is 19.3. The second-order valence-corrected chi connectivity index (χ2v) is 10.5. The standard InChI is InChI=1S/C28H32F2N6O/c1-16-23(35(14-19-6-7-19)34-26(16)20-8-10-21(11-9-20)27(29)30)12-22-13-24(32-15-31-22)36-18(3)25(17(2)33-36)28(4,5)37/h8-11,13,15,19,27,37H,6-7,12,14H2,1-5H3. The van der Waals surface area contributed by atoms with Gasteiger partial charge in [-0.05, 0) is 58.9 Å². The van der Waals surface area contributed by atoms with Crippen LogP contribution in [0.3, 0.4) is 0 Å². The molecule has 4 aromatic rings. The van der Waals surface area contributed by atoms with Crippen LogP contribution in [0.25, 0.3) is 17.1 Å². The monoisotopic (exact) mass is 506 g/mol. The number of benzene rings is 1. The van der Waals surface area contributed by atoms with Gasteiger partial charge in [0.1, 0.15) is 6.33 Å². The number of halogens is 2. The van der Waals surface area contributed by atoms with Gasteiger partial charge in [0.2, 0.25) is 0 Å². The van der Waals surface area contributed by atoms with Crippen LogP contribution in [0.1, 0.15) is 72.6 Å². The fourth-order valence-electron chi connectivity index (χ4n) is 5.09. The molecule has 1 N–H and O–H groups in total. The summed E-state index contributed by atoms with van der Waals surface area (Å²) < 4.78 is 29.9. The predicted molar refractivity (Wildman–Crippen MR) is 137 cm³/mol. The van der Waals surface area contributed by atoms with Gasteiger partial charge >= 0.3 is 0 Å². The molecule has 1 saturated carbocycles. The van der Waals surface area contributed by atoms with Crippen molar-refractivity contribution in [2.75, 3.05) is 0 Å². The molecule has 1 aliphatic carbocycles. The second-order valence-electron chi connectivity index (χ2n) is 10.5. The first-order valence-electron chi connectivity index (χ1n) is 12.6. The minimum absolute atomic E-state index is 0.00412. The van der Waals surface area contributed by atoms with Gasteiger partial charge in [0.25, 0.3) is 6.43 Å². The maximum Gasteiger partial charge on any atom is 0.263 e. The lowest BCUT2D eigenvalue weighted by molar-refractivity contribution is 0.0772. The Morgan fingerprint density at radius 3 is 2.35 bits per heavy atom. The number of alkyl halides is 2. The van der Waals surface area contributed by atoms with Crippen molar-refractivity contribution in [1.82, 2.24) is 29.5 Å². The molecule has 3 aromatic heterocycles. The maximum atomic E-state index is 13.1. The Labute approximate surface area is 215 Å². The van der Waals surface area contributed by atoms with Crippen LogP contribution < -0.4 is 0 Å². The van der Waals surface area contributed by atoms with E-state index in [9.17, 15) is 13.9 Å². The number of nitrogens with zero attached hydrogens (tertiary/aromatic N) is 6. The van der Waals surface area contributed by atoms with Crippen LogP contribution in [0.15, 0.2) is 36.7 Å². The zero-order valence-electron chi connectivity index (χ0n) is 21.8. The quantitative estimate of drug-likeness (QED) is 0.336. The average Bonchev–Trinajstić information content (AvgIpc) is 3.54. The third kappa shape index (κ3) is 5.05. The van der Waals surface area contributed by atoms with Gasteiger partial charge < -0.3 is 5.11 Å². The van der Waals surface area contributed by atoms with E-state index in [0.29, 0.717) is 18.2 Å². The zero-order chi connectivity index (χ0) is 26.5. The van der Waals surface area contributed by atoms with Crippen molar-refractivity contribution in [1.29, 1.82) is 0 Å². The van der Waals surface area contributed by atoms with Crippen LogP contribution >= 0.6 is 0 Å². The van der Waals surface area contributed by atoms with Crippen LogP contribution in [-0.4, -0.2) is 34.6 Å². The minimum Gasteiger partial charge on any atom is -0.386 e. The van der Waals surface area contributed by atoms with Crippen LogP contribution in [-0.2, 0) is 18.6 Å². The van der Waals surface area contributed by atoms with Crippen LogP contribution in [0.5, 0.6) is 0 Å². The van der Waals surface area contributed by atoms with E-state index in [4.69, 9.17) is 5.10 Å². The molecule has 0 bridgehead atoms. The SMILES string of the molecule is Cc1nn(-c2cc(Cc3c(C)c(-c4ccc(C(F)F)cc4)nn3CC3CC3)ncn2)c(C)c1C(C)(C)O. The Kier molecular flexibility index (Phi) is 6.43. The molecule has 0 radical (unpaired) electrons. The van der Waals surface area contributed by atoms with E-state index in [1.807, 2.05) is 26.8 Å². The minimum atomic E-state index is -2.49. The summed E-state index contributed by atoms with van der Waals surface area (Å²) in [4.78, 5) is 8.98. The van der Waals surface area contributed by atoms with Gasteiger partial charge in [-0.25, -0.2) is 23.4 Å². The Bertz CT molecular complexity index is 1430. The third-order valence-corrected chi connectivity index (χ3v) is 7.06. The first-order valence-corrected chi connectivity index (χ1v) is 12.6. The number of rotatable bonds is 8. The molecule has 37 heavy (non-hydrogen) atoms. The number of hydrogen-bond donors (Lipinski definition) is 1. The third-order valence-electron chi connectivity index (χ3n) is 7.06. The largest absolute Gasteiger partial charge is 0.386 e. The lowest BCUT2D eigenvalue weighted by Gasteiger charge is -2.18. The van der Waals surface area contributed by atoms with Crippen molar-refractivity contribution in [2.45, 2.75) is 72.5 Å². The van der Waals surface area contributed by atoms with Gasteiger partial charge in [0, 0.05) is 47.1 Å². The first-order chi connectivity index (χ1) is 17.5. The van der Waals surface area contributed by atoms with Crippen molar-refractivity contribution >= 4 is 0 Å². The fraction of sp³-hybridized carbons (Fsp3) is 0.429. The smallest absolute Gasteiger partial charge is 0.263 e. The molecule has 0 amide bonds. The highest BCUT2D eigenvalue weighted by Gasteiger charge is 2.27. The lowest BCUT2D eigenvalue weighted by Crippen LogP contribution is -2.18. The molecule has 0 atom stereocenters. The normalized spacial score (nSPS) is 14.1. The molecular weight excluding hydrogens is 474 g/mol. The topological polar surface area (TPSA) is 81.7 Å². The molecule has 7 nitrogen and oxygen atoms in total. The van der Waals surface area contributed by atoms with Crippen molar-refractivity contribution in [2.24, 2.45) is 5.92 Å². The Hall–Kier alpha value is -3.46. The molecular formula is C28H32F2N6O. The number of aromatic nitrogens is 6. The van der Waals surface area contributed by atoms with Crippen LogP contribution in [0, 0.1) is 26.7 Å². The maximum absolute atomic E-state index is 13.1. The van der Waals surface area contributed by atoms with Crippen molar-refractivity contribution in [3.63, 3.8) is 0 Å². The van der Waals surface area contributed by atoms with E-state index in [-0.39, 0.29) is 5.56 Å². The number of aliphatic hydroxyl groups is 1. The highest BCUT2D eigenvalue weighted by molar-refractivity contribution is 5.64. The Balaban J connectivity index is 1.50. The molecule has 1 aliphatic rings. The van der Waals surface area contributed by atoms with Gasteiger partial charge in [0.05, 0.1) is 22.7 Å². The van der Waals surface area contributed by atoms with E-state index in [1.165, 1.54) is 31.3 Å². The van der Waals surface area contributed by atoms with E-state index in [1.54, 1.807) is 30.7 Å². The molecule has 0 spiro atoms. The summed E-state index contributed by atoms with van der Waals surface area (Å²) in [6.07, 6.45) is 1.97. The Morgan fingerprint density at radius 1 is 1.05 bits per heavy atom. The average molecular weight is 507 g/mol. The number of aryl methyl sites for hydroxylation is 1. The molecule has 1 aromatic carbocycles. The van der Waals surface area contributed by atoms with Gasteiger partial charge in [0.15, 0.2) is 5.82 Å². The molecule has 9 heteroatoms. The van der Waals surface area contributed by atoms with E-state index in [0.717, 1.165) is 51.7 Å². The van der Waals surface area contributed by atoms with Crippen LogP contribution in [0.4, 0.5) is 8.78 Å². The summed E-state index contributed by atoms with van der Waals surface area (Å²) in [5.41, 5.74) is 5.88. The van der Waals surface area contributed by atoms with Gasteiger partial charge in [-0.1, -0.05) is 24.3 Å². The molecule has 0 saturated heterocycles. The summed E-state index contributed by atoms with van der Waals surface area (Å²) in [7, 11) is 0. The van der Waals surface area contributed by atoms with Crippen molar-refractivity contribution in [3.05, 3.63) is 76.1 Å². The van der Waals surface area contributed by atoms with Crippen LogP contribution in [0.2, 0.25) is 0 Å². The molecule has 194 valence electrons. The highest BCUT2D eigenvalue weighted by Crippen LogP contribution is 2.34. The molecule has 5 rings (SSSR count). The Morgan fingerprint density at radius 2 is 1.76 bits per heavy atom. The van der Waals surface area contributed by atoms with Gasteiger partial charge in [-0.15, -0.1) is 0 Å². The summed E-state index contributed by atoms with van der Waals surface area (Å²) in [6, 6.07) is 8.28. The number of hydrogen-bond acceptors (Lipinski definition) is 5. The summed E-state index contributed by atoms with van der Waals surface area (Å²) in [5, 5.41) is 20.1. The lowest BCUT2D eigenvalue weighted by atomic mass is 9.96. The van der Waals surface area contributed by atoms with Crippen molar-refractivity contribution < 1.29 is 13.9 Å². The first kappa shape index (κ1) is 25.2. The summed E-state index contributed by atoms with van der Waals surface area (Å²) in [5.74, 6) is 1.25. The molecule has 3 heterocycles. The van der Waals surface area contributed by atoms with Crippen molar-refractivity contribution in [3.8, 4) is 17.1 Å².